The van der Waals surface area contributed by atoms with Gasteiger partial charge in [-0.2, -0.15) is 0 Å². The Kier molecular flexibility index (Phi) is 9.70. The first-order valence-corrected chi connectivity index (χ1v) is 10.7. The van der Waals surface area contributed by atoms with E-state index in [-0.39, 0.29) is 24.0 Å². The van der Waals surface area contributed by atoms with Crippen molar-refractivity contribution >= 4 is 45.9 Å². The molecule has 6 nitrogen and oxygen atoms in total. The van der Waals surface area contributed by atoms with Gasteiger partial charge in [-0.3, -0.25) is 0 Å². The molecule has 28 heavy (non-hydrogen) atoms. The second-order valence-electron chi connectivity index (χ2n) is 6.97. The van der Waals surface area contributed by atoms with Crippen molar-refractivity contribution < 1.29 is 0 Å². The molecular formula is C20H30BrIN6. The number of guanidine groups is 1. The topological polar surface area (TPSA) is 67.1 Å². The molecule has 0 aliphatic carbocycles. The Bertz CT molecular complexity index is 776. The first-order valence-electron chi connectivity index (χ1n) is 9.87. The van der Waals surface area contributed by atoms with Crippen LogP contribution in [-0.4, -0.2) is 33.8 Å². The summed E-state index contributed by atoms with van der Waals surface area (Å²) < 4.78 is 3.34. The lowest BCUT2D eigenvalue weighted by atomic mass is 9.97. The summed E-state index contributed by atoms with van der Waals surface area (Å²) in [4.78, 5) is 4.72. The highest BCUT2D eigenvalue weighted by atomic mass is 127. The molecule has 154 valence electrons. The molecule has 2 N–H and O–H groups in total. The van der Waals surface area contributed by atoms with Gasteiger partial charge in [-0.15, -0.1) is 34.2 Å². The summed E-state index contributed by atoms with van der Waals surface area (Å²) in [6.07, 6.45) is 4.37. The van der Waals surface area contributed by atoms with E-state index in [2.05, 4.69) is 79.4 Å². The van der Waals surface area contributed by atoms with Crippen LogP contribution in [0.2, 0.25) is 0 Å². The van der Waals surface area contributed by atoms with E-state index in [1.807, 2.05) is 0 Å². The Morgan fingerprint density at radius 1 is 1.29 bits per heavy atom. The Labute approximate surface area is 193 Å². The molecule has 0 radical (unpaired) electrons. The molecule has 1 atom stereocenters. The van der Waals surface area contributed by atoms with E-state index in [1.165, 1.54) is 5.56 Å². The second-order valence-corrected chi connectivity index (χ2v) is 7.89. The van der Waals surface area contributed by atoms with Gasteiger partial charge in [0, 0.05) is 30.5 Å². The number of rotatable bonds is 8. The highest BCUT2D eigenvalue weighted by molar-refractivity contribution is 14.0. The first-order chi connectivity index (χ1) is 13.2. The quantitative estimate of drug-likeness (QED) is 0.292. The summed E-state index contributed by atoms with van der Waals surface area (Å²) >= 11 is 3.56. The van der Waals surface area contributed by atoms with E-state index in [0.717, 1.165) is 67.4 Å². The van der Waals surface area contributed by atoms with Crippen molar-refractivity contribution in [3.63, 3.8) is 0 Å². The summed E-state index contributed by atoms with van der Waals surface area (Å²) in [5.74, 6) is 3.46. The normalized spacial score (nSPS) is 14.3. The minimum atomic E-state index is 0. The first kappa shape index (κ1) is 23.1. The minimum Gasteiger partial charge on any atom is -0.357 e. The van der Waals surface area contributed by atoms with E-state index in [9.17, 15) is 0 Å². The van der Waals surface area contributed by atoms with Crippen molar-refractivity contribution in [2.24, 2.45) is 10.9 Å². The van der Waals surface area contributed by atoms with Crippen LogP contribution in [0.3, 0.4) is 0 Å². The number of aryl methyl sites for hydroxylation is 1. The van der Waals surface area contributed by atoms with Gasteiger partial charge in [0.05, 0.1) is 0 Å². The minimum absolute atomic E-state index is 0. The van der Waals surface area contributed by atoms with Gasteiger partial charge in [0.15, 0.2) is 11.8 Å². The predicted octanol–water partition coefficient (Wildman–Crippen LogP) is 3.93. The van der Waals surface area contributed by atoms with Crippen molar-refractivity contribution in [3.8, 4) is 0 Å². The molecule has 0 fully saturated rings. The molecule has 2 aromatic rings. The smallest absolute Gasteiger partial charge is 0.191 e. The van der Waals surface area contributed by atoms with Crippen LogP contribution in [-0.2, 0) is 25.9 Å². The zero-order valence-corrected chi connectivity index (χ0v) is 20.5. The molecule has 3 rings (SSSR count). The van der Waals surface area contributed by atoms with Gasteiger partial charge >= 0.3 is 0 Å². The fourth-order valence-electron chi connectivity index (χ4n) is 3.42. The molecule has 1 aromatic carbocycles. The SMILES string of the molecule is CCNC(=NCc1nnc2n1CCC2)NCC(CC)Cc1cccc(Br)c1.I. The average molecular weight is 561 g/mol. The molecule has 1 unspecified atom stereocenters. The van der Waals surface area contributed by atoms with Crippen molar-refractivity contribution in [1.82, 2.24) is 25.4 Å². The van der Waals surface area contributed by atoms with Crippen LogP contribution in [0.25, 0.3) is 0 Å². The lowest BCUT2D eigenvalue weighted by molar-refractivity contribution is 0.493. The third-order valence-electron chi connectivity index (χ3n) is 4.96. The molecule has 0 amide bonds. The number of aromatic nitrogens is 3. The molecule has 8 heteroatoms. The van der Waals surface area contributed by atoms with Gasteiger partial charge in [-0.05, 0) is 43.4 Å². The highest BCUT2D eigenvalue weighted by Gasteiger charge is 2.17. The molecular weight excluding hydrogens is 531 g/mol. The van der Waals surface area contributed by atoms with Crippen LogP contribution >= 0.6 is 39.9 Å². The van der Waals surface area contributed by atoms with Crippen LogP contribution in [0.1, 0.15) is 43.9 Å². The Balaban J connectivity index is 0.00000280. The number of nitrogens with zero attached hydrogens (tertiary/aromatic N) is 4. The highest BCUT2D eigenvalue weighted by Crippen LogP contribution is 2.17. The number of aliphatic imine (C=N–C) groups is 1. The van der Waals surface area contributed by atoms with Crippen molar-refractivity contribution in [1.29, 1.82) is 0 Å². The summed E-state index contributed by atoms with van der Waals surface area (Å²) in [5.41, 5.74) is 1.36. The number of fused-ring (bicyclic) bond motifs is 1. The summed E-state index contributed by atoms with van der Waals surface area (Å²) in [5, 5.41) is 15.4. The largest absolute Gasteiger partial charge is 0.357 e. The summed E-state index contributed by atoms with van der Waals surface area (Å²) in [6, 6.07) is 8.56. The number of nitrogens with one attached hydrogen (secondary N) is 2. The fourth-order valence-corrected chi connectivity index (χ4v) is 3.86. The van der Waals surface area contributed by atoms with Crippen LogP contribution in [0, 0.1) is 5.92 Å². The number of hydrogen-bond acceptors (Lipinski definition) is 3. The lowest BCUT2D eigenvalue weighted by Crippen LogP contribution is -2.40. The van der Waals surface area contributed by atoms with E-state index in [4.69, 9.17) is 4.99 Å². The Morgan fingerprint density at radius 2 is 2.14 bits per heavy atom. The van der Waals surface area contributed by atoms with E-state index in [0.29, 0.717) is 12.5 Å². The third-order valence-corrected chi connectivity index (χ3v) is 5.45. The van der Waals surface area contributed by atoms with Crippen molar-refractivity contribution in [2.45, 2.75) is 52.6 Å². The molecule has 0 saturated carbocycles. The van der Waals surface area contributed by atoms with Gasteiger partial charge in [-0.25, -0.2) is 4.99 Å². The maximum atomic E-state index is 4.72. The second kappa shape index (κ2) is 11.7. The summed E-state index contributed by atoms with van der Waals surface area (Å²) in [7, 11) is 0. The fraction of sp³-hybridized carbons (Fsp3) is 0.550. The monoisotopic (exact) mass is 560 g/mol. The standard InChI is InChI=1S/C20H29BrN6.HI/c1-3-15(11-16-7-5-8-17(21)12-16)13-23-20(22-4-2)24-14-19-26-25-18-9-6-10-27(18)19;/h5,7-8,12,15H,3-4,6,9-11,13-14H2,1-2H3,(H2,22,23,24);1H. The zero-order chi connectivity index (χ0) is 19.1. The zero-order valence-electron chi connectivity index (χ0n) is 16.6. The van der Waals surface area contributed by atoms with Gasteiger partial charge in [-0.1, -0.05) is 41.4 Å². The van der Waals surface area contributed by atoms with E-state index >= 15 is 0 Å². The van der Waals surface area contributed by atoms with Crippen molar-refractivity contribution in [3.05, 3.63) is 46.0 Å². The predicted molar refractivity (Wildman–Crippen MR) is 128 cm³/mol. The maximum Gasteiger partial charge on any atom is 0.191 e. The number of halogens is 2. The van der Waals surface area contributed by atoms with Gasteiger partial charge < -0.3 is 15.2 Å². The van der Waals surface area contributed by atoms with Gasteiger partial charge in [0.25, 0.3) is 0 Å². The number of hydrogen-bond donors (Lipinski definition) is 2. The van der Waals surface area contributed by atoms with Crippen LogP contribution in [0.5, 0.6) is 0 Å². The Morgan fingerprint density at radius 3 is 2.89 bits per heavy atom. The molecule has 1 aliphatic heterocycles. The maximum absolute atomic E-state index is 4.72. The van der Waals surface area contributed by atoms with E-state index < -0.39 is 0 Å². The van der Waals surface area contributed by atoms with Gasteiger partial charge in [0.2, 0.25) is 0 Å². The van der Waals surface area contributed by atoms with Crippen LogP contribution in [0.15, 0.2) is 33.7 Å². The number of benzene rings is 1. The summed E-state index contributed by atoms with van der Waals surface area (Å²) in [6.45, 7) is 7.64. The third kappa shape index (κ3) is 6.43. The molecule has 1 aliphatic rings. The Hall–Kier alpha value is -1.16. The molecule has 1 aromatic heterocycles. The van der Waals surface area contributed by atoms with Crippen molar-refractivity contribution in [2.75, 3.05) is 13.1 Å². The molecule has 0 saturated heterocycles. The molecule has 0 bridgehead atoms. The average Bonchev–Trinajstić information content (AvgIpc) is 3.27. The van der Waals surface area contributed by atoms with E-state index in [1.54, 1.807) is 0 Å². The lowest BCUT2D eigenvalue weighted by Gasteiger charge is -2.18. The molecule has 2 heterocycles. The van der Waals surface area contributed by atoms with Crippen LogP contribution in [0.4, 0.5) is 0 Å². The van der Waals surface area contributed by atoms with Gasteiger partial charge in [0.1, 0.15) is 12.4 Å². The molecule has 0 spiro atoms. The van der Waals surface area contributed by atoms with Crippen LogP contribution < -0.4 is 10.6 Å².